The highest BCUT2D eigenvalue weighted by Gasteiger charge is 2.10. The molecule has 0 saturated heterocycles. The van der Waals surface area contributed by atoms with E-state index < -0.39 is 0 Å². The molecule has 3 aromatic rings. The number of hydrogen-bond donors (Lipinski definition) is 1. The van der Waals surface area contributed by atoms with Gasteiger partial charge in [-0.2, -0.15) is 0 Å². The Morgan fingerprint density at radius 2 is 2.25 bits per heavy atom. The molecule has 0 unspecified atom stereocenters. The largest absolute Gasteiger partial charge is 0.461 e. The maximum absolute atomic E-state index is 11.7. The first-order valence-electron chi connectivity index (χ1n) is 6.10. The Labute approximate surface area is 119 Å². The number of thiophene rings is 1. The Kier molecular flexibility index (Phi) is 3.64. The highest BCUT2D eigenvalue weighted by molar-refractivity contribution is 7.10. The molecule has 1 N–H and O–H groups in total. The van der Waals surface area contributed by atoms with Crippen LogP contribution in [0.3, 0.4) is 0 Å². The van der Waals surface area contributed by atoms with E-state index in [9.17, 15) is 4.79 Å². The molecular weight excluding hydrogens is 276 g/mol. The van der Waals surface area contributed by atoms with Gasteiger partial charge < -0.3 is 14.3 Å². The van der Waals surface area contributed by atoms with Crippen LogP contribution in [0.4, 0.5) is 0 Å². The summed E-state index contributed by atoms with van der Waals surface area (Å²) in [5, 5.41) is 8.66. The summed E-state index contributed by atoms with van der Waals surface area (Å²) in [6.45, 7) is 0.342. The van der Waals surface area contributed by atoms with Crippen LogP contribution in [-0.4, -0.2) is 11.1 Å². The molecule has 0 aliphatic carbocycles. The van der Waals surface area contributed by atoms with Crippen molar-refractivity contribution in [3.05, 3.63) is 52.5 Å². The molecule has 0 aromatic carbocycles. The van der Waals surface area contributed by atoms with Crippen molar-refractivity contribution >= 4 is 17.2 Å². The molecule has 3 rings (SSSR count). The fourth-order valence-corrected chi connectivity index (χ4v) is 2.46. The topological polar surface area (TPSA) is 68.3 Å². The van der Waals surface area contributed by atoms with Gasteiger partial charge in [-0.15, -0.1) is 11.3 Å². The lowest BCUT2D eigenvalue weighted by molar-refractivity contribution is -0.120. The molecule has 0 bridgehead atoms. The molecule has 3 aromatic heterocycles. The number of nitrogens with one attached hydrogen (secondary N) is 1. The van der Waals surface area contributed by atoms with Gasteiger partial charge in [0.15, 0.2) is 5.76 Å². The zero-order valence-corrected chi connectivity index (χ0v) is 11.4. The predicted octanol–water partition coefficient (Wildman–Crippen LogP) is 2.86. The Balaban J connectivity index is 1.55. The van der Waals surface area contributed by atoms with Gasteiger partial charge in [0, 0.05) is 10.9 Å². The molecule has 3 heterocycles. The summed E-state index contributed by atoms with van der Waals surface area (Å²) in [5.41, 5.74) is 0.663. The summed E-state index contributed by atoms with van der Waals surface area (Å²) in [7, 11) is 0. The van der Waals surface area contributed by atoms with Crippen LogP contribution in [0, 0.1) is 0 Å². The fourth-order valence-electron chi connectivity index (χ4n) is 1.75. The third-order valence-corrected chi connectivity index (χ3v) is 3.58. The third kappa shape index (κ3) is 2.97. The van der Waals surface area contributed by atoms with Crippen molar-refractivity contribution in [2.45, 2.75) is 13.0 Å². The van der Waals surface area contributed by atoms with Gasteiger partial charge in [-0.1, -0.05) is 11.2 Å². The average Bonchev–Trinajstić information content (AvgIpc) is 3.18. The molecule has 1 amide bonds. The molecule has 5 nitrogen and oxygen atoms in total. The van der Waals surface area contributed by atoms with Crippen LogP contribution in [0.15, 0.2) is 50.9 Å². The number of carbonyl (C=O) groups is 1. The normalized spacial score (nSPS) is 10.6. The minimum absolute atomic E-state index is 0.0324. The third-order valence-electron chi connectivity index (χ3n) is 2.70. The highest BCUT2D eigenvalue weighted by atomic mass is 32.1. The lowest BCUT2D eigenvalue weighted by Gasteiger charge is -2.00. The Morgan fingerprint density at radius 3 is 3.00 bits per heavy atom. The van der Waals surface area contributed by atoms with E-state index in [1.807, 2.05) is 17.5 Å². The van der Waals surface area contributed by atoms with Crippen molar-refractivity contribution in [3.63, 3.8) is 0 Å². The lowest BCUT2D eigenvalue weighted by atomic mass is 10.3. The van der Waals surface area contributed by atoms with Gasteiger partial charge in [0.1, 0.15) is 5.69 Å². The summed E-state index contributed by atoms with van der Waals surface area (Å²) in [6.07, 6.45) is 1.96. The molecule has 102 valence electrons. The summed E-state index contributed by atoms with van der Waals surface area (Å²) in [5.74, 6) is 1.14. The Bertz CT molecular complexity index is 671. The number of rotatable bonds is 5. The molecule has 6 heteroatoms. The average molecular weight is 288 g/mol. The van der Waals surface area contributed by atoms with Crippen LogP contribution >= 0.6 is 11.3 Å². The van der Waals surface area contributed by atoms with Crippen LogP contribution < -0.4 is 5.32 Å². The second-order valence-electron chi connectivity index (χ2n) is 4.19. The number of hydrogen-bond acceptors (Lipinski definition) is 5. The van der Waals surface area contributed by atoms with Gasteiger partial charge in [0.25, 0.3) is 0 Å². The standard InChI is InChI=1S/C14H12N2O3S/c17-14(8-11-3-2-6-20-11)15-9-10-7-13(19-16-10)12-4-1-5-18-12/h1-7H,8-9H2,(H,15,17). The van der Waals surface area contributed by atoms with E-state index >= 15 is 0 Å². The van der Waals surface area contributed by atoms with Crippen molar-refractivity contribution < 1.29 is 13.7 Å². The van der Waals surface area contributed by atoms with Crippen LogP contribution in [-0.2, 0) is 17.8 Å². The van der Waals surface area contributed by atoms with Crippen LogP contribution in [0.2, 0.25) is 0 Å². The van der Waals surface area contributed by atoms with Crippen molar-refractivity contribution in [2.75, 3.05) is 0 Å². The van der Waals surface area contributed by atoms with Gasteiger partial charge >= 0.3 is 0 Å². The number of furan rings is 1. The molecule has 0 radical (unpaired) electrons. The number of nitrogens with zero attached hydrogens (tertiary/aromatic N) is 1. The maximum Gasteiger partial charge on any atom is 0.225 e. The van der Waals surface area contributed by atoms with Crippen molar-refractivity contribution in [1.29, 1.82) is 0 Å². The number of amides is 1. The zero-order valence-electron chi connectivity index (χ0n) is 10.5. The monoisotopic (exact) mass is 288 g/mol. The molecular formula is C14H12N2O3S. The zero-order chi connectivity index (χ0) is 13.8. The van der Waals surface area contributed by atoms with E-state index in [4.69, 9.17) is 8.94 Å². The van der Waals surface area contributed by atoms with Crippen molar-refractivity contribution in [2.24, 2.45) is 0 Å². The first-order chi connectivity index (χ1) is 9.81. The second kappa shape index (κ2) is 5.75. The van der Waals surface area contributed by atoms with Gasteiger partial charge in [0.2, 0.25) is 11.7 Å². The summed E-state index contributed by atoms with van der Waals surface area (Å²) >= 11 is 1.57. The highest BCUT2D eigenvalue weighted by Crippen LogP contribution is 2.20. The van der Waals surface area contributed by atoms with Crippen LogP contribution in [0.25, 0.3) is 11.5 Å². The van der Waals surface area contributed by atoms with E-state index in [1.165, 1.54) is 0 Å². The minimum atomic E-state index is -0.0324. The van der Waals surface area contributed by atoms with E-state index in [0.717, 1.165) is 4.88 Å². The molecule has 0 atom stereocenters. The maximum atomic E-state index is 11.7. The van der Waals surface area contributed by atoms with E-state index in [-0.39, 0.29) is 5.91 Å². The van der Waals surface area contributed by atoms with E-state index in [1.54, 1.807) is 35.8 Å². The van der Waals surface area contributed by atoms with Crippen LogP contribution in [0.5, 0.6) is 0 Å². The summed E-state index contributed by atoms with van der Waals surface area (Å²) in [6, 6.07) is 9.19. The predicted molar refractivity (Wildman–Crippen MR) is 74.1 cm³/mol. The molecule has 0 saturated carbocycles. The fraction of sp³-hybridized carbons (Fsp3) is 0.143. The Hall–Kier alpha value is -2.34. The Morgan fingerprint density at radius 1 is 1.30 bits per heavy atom. The van der Waals surface area contributed by atoms with Gasteiger partial charge in [-0.05, 0) is 23.6 Å². The number of carbonyl (C=O) groups excluding carboxylic acids is 1. The molecule has 0 spiro atoms. The summed E-state index contributed by atoms with van der Waals surface area (Å²) < 4.78 is 10.4. The van der Waals surface area contributed by atoms with Gasteiger partial charge in [-0.25, -0.2) is 0 Å². The van der Waals surface area contributed by atoms with Crippen LogP contribution in [0.1, 0.15) is 10.6 Å². The van der Waals surface area contributed by atoms with Gasteiger partial charge in [0.05, 0.1) is 19.2 Å². The lowest BCUT2D eigenvalue weighted by Crippen LogP contribution is -2.24. The van der Waals surface area contributed by atoms with E-state index in [2.05, 4.69) is 10.5 Å². The van der Waals surface area contributed by atoms with Gasteiger partial charge in [-0.3, -0.25) is 4.79 Å². The second-order valence-corrected chi connectivity index (χ2v) is 5.22. The molecule has 0 aliphatic rings. The van der Waals surface area contributed by atoms with Crippen molar-refractivity contribution in [3.8, 4) is 11.5 Å². The van der Waals surface area contributed by atoms with Crippen molar-refractivity contribution in [1.82, 2.24) is 10.5 Å². The summed E-state index contributed by atoms with van der Waals surface area (Å²) in [4.78, 5) is 12.8. The molecule has 20 heavy (non-hydrogen) atoms. The first-order valence-corrected chi connectivity index (χ1v) is 6.98. The number of aromatic nitrogens is 1. The first kappa shape index (κ1) is 12.7. The van der Waals surface area contributed by atoms with E-state index in [0.29, 0.717) is 30.2 Å². The minimum Gasteiger partial charge on any atom is -0.461 e. The molecule has 0 fully saturated rings. The quantitative estimate of drug-likeness (QED) is 0.784. The smallest absolute Gasteiger partial charge is 0.225 e. The molecule has 0 aliphatic heterocycles. The SMILES string of the molecule is O=C(Cc1cccs1)NCc1cc(-c2ccco2)on1.